The zero-order chi connectivity index (χ0) is 25.7. The monoisotopic (exact) mass is 483 g/mol. The molecule has 5 heteroatoms. The number of nitrogens with zero attached hydrogens (tertiary/aromatic N) is 3. The van der Waals surface area contributed by atoms with E-state index in [1.165, 1.54) is 0 Å². The van der Waals surface area contributed by atoms with Gasteiger partial charge in [-0.15, -0.1) is 6.58 Å². The summed E-state index contributed by atoms with van der Waals surface area (Å²) < 4.78 is 0. The second-order valence-electron chi connectivity index (χ2n) is 9.91. The molecule has 36 heavy (non-hydrogen) atoms. The van der Waals surface area contributed by atoms with Crippen molar-refractivity contribution in [2.45, 2.75) is 38.5 Å². The Bertz CT molecular complexity index is 1180. The number of phenolic OH excluding ortho intramolecular Hbond substituents is 1. The van der Waals surface area contributed by atoms with E-state index in [1.807, 2.05) is 73.8 Å². The first-order valence-electron chi connectivity index (χ1n) is 12.7. The molecule has 1 saturated heterocycles. The van der Waals surface area contributed by atoms with E-state index in [4.69, 9.17) is 0 Å². The fourth-order valence-electron chi connectivity index (χ4n) is 5.27. The van der Waals surface area contributed by atoms with Crippen LogP contribution >= 0.6 is 0 Å². The third-order valence-corrected chi connectivity index (χ3v) is 7.10. The minimum Gasteiger partial charge on any atom is -0.508 e. The molecule has 1 heterocycles. The minimum absolute atomic E-state index is 0.00687. The molecule has 1 N–H and O–H groups in total. The molecule has 188 valence electrons. The van der Waals surface area contributed by atoms with E-state index in [0.717, 1.165) is 36.3 Å². The molecule has 0 aromatic heterocycles. The van der Waals surface area contributed by atoms with Gasteiger partial charge < -0.3 is 10.0 Å². The van der Waals surface area contributed by atoms with E-state index >= 15 is 0 Å². The lowest BCUT2D eigenvalue weighted by Crippen LogP contribution is -2.57. The van der Waals surface area contributed by atoms with E-state index in [-0.39, 0.29) is 23.7 Å². The molecule has 3 aromatic carbocycles. The number of benzene rings is 3. The maximum Gasteiger partial charge on any atom is 0.253 e. The van der Waals surface area contributed by atoms with E-state index in [2.05, 4.69) is 42.4 Å². The summed E-state index contributed by atoms with van der Waals surface area (Å²) >= 11 is 0. The first kappa shape index (κ1) is 25.7. The molecular formula is C31H37N3O2. The number of aromatic hydroxyl groups is 1. The van der Waals surface area contributed by atoms with Crippen LogP contribution in [0, 0.1) is 0 Å². The average Bonchev–Trinajstić information content (AvgIpc) is 2.87. The fraction of sp³-hybridized carbons (Fsp3) is 0.323. The second kappa shape index (κ2) is 11.5. The number of amides is 1. The maximum absolute atomic E-state index is 13.4. The highest BCUT2D eigenvalue weighted by Crippen LogP contribution is 2.35. The van der Waals surface area contributed by atoms with Crippen LogP contribution in [-0.2, 0) is 6.54 Å². The Labute approximate surface area is 215 Å². The number of phenols is 1. The van der Waals surface area contributed by atoms with Crippen molar-refractivity contribution in [3.63, 3.8) is 0 Å². The molecule has 0 bridgehead atoms. The van der Waals surface area contributed by atoms with Crippen LogP contribution in [0.1, 0.15) is 46.9 Å². The highest BCUT2D eigenvalue weighted by molar-refractivity contribution is 5.94. The number of carbonyl (C=O) groups excluding carboxylic acids is 1. The van der Waals surface area contributed by atoms with Gasteiger partial charge in [0.15, 0.2) is 0 Å². The third-order valence-electron chi connectivity index (χ3n) is 7.10. The van der Waals surface area contributed by atoms with Gasteiger partial charge in [-0.1, -0.05) is 60.7 Å². The van der Waals surface area contributed by atoms with Crippen LogP contribution in [0.5, 0.6) is 5.75 Å². The molecule has 4 rings (SSSR count). The Morgan fingerprint density at radius 3 is 2.39 bits per heavy atom. The second-order valence-corrected chi connectivity index (χ2v) is 9.91. The summed E-state index contributed by atoms with van der Waals surface area (Å²) in [5.41, 5.74) is 3.84. The lowest BCUT2D eigenvalue weighted by molar-refractivity contribution is 0.0306. The van der Waals surface area contributed by atoms with Crippen molar-refractivity contribution >= 4 is 5.91 Å². The summed E-state index contributed by atoms with van der Waals surface area (Å²) in [5.74, 6) is 0.242. The molecule has 0 saturated carbocycles. The average molecular weight is 484 g/mol. The van der Waals surface area contributed by atoms with Crippen LogP contribution in [0.3, 0.4) is 0 Å². The van der Waals surface area contributed by atoms with Crippen molar-refractivity contribution in [3.8, 4) is 5.75 Å². The molecule has 1 fully saturated rings. The summed E-state index contributed by atoms with van der Waals surface area (Å²) in [4.78, 5) is 20.1. The number of carbonyl (C=O) groups is 1. The highest BCUT2D eigenvalue weighted by Gasteiger charge is 2.34. The smallest absolute Gasteiger partial charge is 0.253 e. The van der Waals surface area contributed by atoms with Gasteiger partial charge >= 0.3 is 0 Å². The first-order chi connectivity index (χ1) is 17.4. The topological polar surface area (TPSA) is 47.0 Å². The zero-order valence-corrected chi connectivity index (χ0v) is 21.5. The SMILES string of the molecule is C=CCN1C[C@H](C)N([C@@H](c2cccc(O)c2)c2cccc(C(=O)N(C)Cc3ccccc3)c2)C[C@H]1C. The number of hydrogen-bond acceptors (Lipinski definition) is 4. The van der Waals surface area contributed by atoms with Crippen LogP contribution < -0.4 is 0 Å². The van der Waals surface area contributed by atoms with Crippen LogP contribution in [0.25, 0.3) is 0 Å². The molecule has 0 radical (unpaired) electrons. The van der Waals surface area contributed by atoms with Crippen LogP contribution in [0.4, 0.5) is 0 Å². The summed E-state index contributed by atoms with van der Waals surface area (Å²) in [7, 11) is 1.84. The molecule has 5 nitrogen and oxygen atoms in total. The Kier molecular flexibility index (Phi) is 8.24. The van der Waals surface area contributed by atoms with Crippen LogP contribution in [0.15, 0.2) is 91.5 Å². The summed E-state index contributed by atoms with van der Waals surface area (Å²) in [6.45, 7) is 11.7. The predicted molar refractivity (Wildman–Crippen MR) is 146 cm³/mol. The van der Waals surface area contributed by atoms with E-state index < -0.39 is 0 Å². The number of rotatable bonds is 8. The standard InChI is InChI=1S/C31H37N3O2/c1-5-17-33-20-24(3)34(21-23(33)2)30(27-14-10-16-29(35)19-27)26-13-9-15-28(18-26)31(36)32(4)22-25-11-7-6-8-12-25/h5-16,18-19,23-24,30,35H,1,17,20-22H2,2-4H3/t23-,24+,30-/m1/s1. The Hall–Kier alpha value is -3.41. The van der Waals surface area contributed by atoms with Crippen LogP contribution in [-0.4, -0.2) is 64.5 Å². The zero-order valence-electron chi connectivity index (χ0n) is 21.5. The van der Waals surface area contributed by atoms with E-state index in [1.54, 1.807) is 11.0 Å². The lowest BCUT2D eigenvalue weighted by Gasteiger charge is -2.47. The largest absolute Gasteiger partial charge is 0.508 e. The molecule has 1 aliphatic rings. The highest BCUT2D eigenvalue weighted by atomic mass is 16.3. The van der Waals surface area contributed by atoms with Gasteiger partial charge in [0.05, 0.1) is 6.04 Å². The van der Waals surface area contributed by atoms with Crippen molar-refractivity contribution in [2.75, 3.05) is 26.7 Å². The molecule has 1 amide bonds. The van der Waals surface area contributed by atoms with Crippen molar-refractivity contribution in [1.82, 2.24) is 14.7 Å². The summed E-state index contributed by atoms with van der Waals surface area (Å²) in [6.07, 6.45) is 1.96. The normalized spacial score (nSPS) is 19.5. The van der Waals surface area contributed by atoms with Gasteiger partial charge in [0, 0.05) is 50.9 Å². The van der Waals surface area contributed by atoms with E-state index in [9.17, 15) is 9.90 Å². The van der Waals surface area contributed by atoms with Gasteiger partial charge in [0.2, 0.25) is 0 Å². The van der Waals surface area contributed by atoms with Gasteiger partial charge in [-0.05, 0) is 54.8 Å². The molecule has 1 aliphatic heterocycles. The van der Waals surface area contributed by atoms with Crippen LogP contribution in [0.2, 0.25) is 0 Å². The molecular weight excluding hydrogens is 446 g/mol. The predicted octanol–water partition coefficient (Wildman–Crippen LogP) is 5.33. The summed E-state index contributed by atoms with van der Waals surface area (Å²) in [5, 5.41) is 10.3. The van der Waals surface area contributed by atoms with Crippen molar-refractivity contribution in [2.24, 2.45) is 0 Å². The molecule has 0 unspecified atom stereocenters. The summed E-state index contributed by atoms with van der Waals surface area (Å²) in [6, 6.07) is 26.1. The Morgan fingerprint density at radius 2 is 1.69 bits per heavy atom. The molecule has 0 spiro atoms. The lowest BCUT2D eigenvalue weighted by atomic mass is 9.92. The molecule has 3 aromatic rings. The van der Waals surface area contributed by atoms with Crippen molar-refractivity contribution in [3.05, 3.63) is 114 Å². The molecule has 0 aliphatic carbocycles. The fourth-order valence-corrected chi connectivity index (χ4v) is 5.27. The molecule has 3 atom stereocenters. The Balaban J connectivity index is 1.66. The third kappa shape index (κ3) is 5.86. The van der Waals surface area contributed by atoms with Gasteiger partial charge in [0.1, 0.15) is 5.75 Å². The Morgan fingerprint density at radius 1 is 1.00 bits per heavy atom. The maximum atomic E-state index is 13.4. The van der Waals surface area contributed by atoms with Gasteiger partial charge in [-0.3, -0.25) is 14.6 Å². The first-order valence-corrected chi connectivity index (χ1v) is 12.7. The minimum atomic E-state index is -0.0763. The van der Waals surface area contributed by atoms with Gasteiger partial charge in [-0.2, -0.15) is 0 Å². The van der Waals surface area contributed by atoms with Crippen molar-refractivity contribution in [1.29, 1.82) is 0 Å². The van der Waals surface area contributed by atoms with E-state index in [0.29, 0.717) is 18.2 Å². The number of piperazine rings is 1. The number of hydrogen-bond donors (Lipinski definition) is 1. The quantitative estimate of drug-likeness (QED) is 0.440. The van der Waals surface area contributed by atoms with Crippen molar-refractivity contribution < 1.29 is 9.90 Å². The van der Waals surface area contributed by atoms with Gasteiger partial charge in [-0.25, -0.2) is 0 Å². The van der Waals surface area contributed by atoms with Gasteiger partial charge in [0.25, 0.3) is 5.91 Å².